The van der Waals surface area contributed by atoms with Crippen molar-refractivity contribution in [3.8, 4) is 0 Å². The van der Waals surface area contributed by atoms with Crippen molar-refractivity contribution in [1.82, 2.24) is 36.4 Å². The van der Waals surface area contributed by atoms with Crippen molar-refractivity contribution < 1.29 is 19.5 Å². The van der Waals surface area contributed by atoms with Crippen LogP contribution >= 0.6 is 0 Å². The maximum absolute atomic E-state index is 11.5. The number of likely N-dealkylation sites (N-methyl/N-ethyl adjacent to an activating group) is 2. The fourth-order valence-corrected chi connectivity index (χ4v) is 5.70. The molecule has 0 bridgehead atoms. The molecule has 4 rings (SSSR count). The maximum Gasteiger partial charge on any atom is 0.243 e. The minimum Gasteiger partial charge on any atom is -0.861 e. The van der Waals surface area contributed by atoms with E-state index in [9.17, 15) is 19.5 Å². The van der Waals surface area contributed by atoms with E-state index in [1.807, 2.05) is 125 Å². The first-order valence-corrected chi connectivity index (χ1v) is 14.6. The third-order valence-corrected chi connectivity index (χ3v) is 7.75. The van der Waals surface area contributed by atoms with Crippen molar-refractivity contribution >= 4 is 23.6 Å². The number of aliphatic imine (C=N–C) groups is 1. The molecule has 244 valence electrons. The molecule has 12 heteroatoms. The number of hydrogen-bond donors (Lipinski definition) is 5. The Morgan fingerprint density at radius 2 is 0.905 bits per heavy atom. The van der Waals surface area contributed by atoms with Crippen molar-refractivity contribution in [3.63, 3.8) is 0 Å². The lowest BCUT2D eigenvalue weighted by Crippen LogP contribution is -2.51. The molecule has 42 heavy (non-hydrogen) atoms. The smallest absolute Gasteiger partial charge is 0.243 e. The lowest BCUT2D eigenvalue weighted by Gasteiger charge is -2.27. The minimum atomic E-state index is -0.469. The van der Waals surface area contributed by atoms with Gasteiger partial charge in [0.15, 0.2) is 0 Å². The van der Waals surface area contributed by atoms with E-state index in [1.165, 1.54) is 0 Å². The van der Waals surface area contributed by atoms with Crippen LogP contribution in [0.15, 0.2) is 4.99 Å². The van der Waals surface area contributed by atoms with Crippen LogP contribution in [0, 0.1) is 0 Å². The van der Waals surface area contributed by atoms with E-state index in [0.717, 1.165) is 0 Å². The van der Waals surface area contributed by atoms with Gasteiger partial charge in [0.05, 0.1) is 33.6 Å². The monoisotopic (exact) mass is 595 g/mol. The molecule has 0 spiro atoms. The number of nitrogens with one attached hydrogen (secondary N) is 5. The molecule has 3 amide bonds. The third-order valence-electron chi connectivity index (χ3n) is 7.75. The zero-order valence-electron chi connectivity index (χ0n) is 29.5. The fourth-order valence-electron chi connectivity index (χ4n) is 5.70. The summed E-state index contributed by atoms with van der Waals surface area (Å²) in [5, 5.41) is 26.7. The topological polar surface area (TPSA) is 153 Å². The average Bonchev–Trinajstić information content (AvgIpc) is 3.18. The van der Waals surface area contributed by atoms with Crippen LogP contribution in [0.5, 0.6) is 0 Å². The predicted molar refractivity (Wildman–Crippen MR) is 166 cm³/mol. The van der Waals surface area contributed by atoms with Gasteiger partial charge in [0.2, 0.25) is 17.7 Å². The van der Waals surface area contributed by atoms with Gasteiger partial charge in [-0.1, -0.05) is 0 Å². The summed E-state index contributed by atoms with van der Waals surface area (Å²) in [4.78, 5) is 41.6. The van der Waals surface area contributed by atoms with Gasteiger partial charge in [-0.15, -0.1) is 0 Å². The van der Waals surface area contributed by atoms with Crippen LogP contribution in [0.4, 0.5) is 0 Å². The molecule has 0 unspecified atom stereocenters. The molecule has 5 N–H and O–H groups in total. The second kappa shape index (κ2) is 11.3. The highest BCUT2D eigenvalue weighted by Crippen LogP contribution is 2.26. The first-order valence-electron chi connectivity index (χ1n) is 14.6. The van der Waals surface area contributed by atoms with Crippen LogP contribution in [-0.2, 0) is 14.4 Å². The molecule has 4 aliphatic heterocycles. The van der Waals surface area contributed by atoms with Gasteiger partial charge in [0.1, 0.15) is 5.66 Å². The normalized spacial score (nSPS) is 28.0. The van der Waals surface area contributed by atoms with E-state index in [-0.39, 0.29) is 46.3 Å². The van der Waals surface area contributed by atoms with Crippen LogP contribution in [0.3, 0.4) is 0 Å². The number of nitrogens with zero attached hydrogens (tertiary/aromatic N) is 3. The number of carbonyl (C=O) groups is 3. The summed E-state index contributed by atoms with van der Waals surface area (Å²) in [5.74, 6) is 0.319. The Balaban J connectivity index is 0.000000280. The molecule has 4 heterocycles. The highest BCUT2D eigenvalue weighted by atomic mass is 16.3. The molecule has 0 saturated carbocycles. The predicted octanol–water partition coefficient (Wildman–Crippen LogP) is 1.21. The Morgan fingerprint density at radius 1 is 0.548 bits per heavy atom. The first kappa shape index (κ1) is 37.7. The Morgan fingerprint density at radius 3 is 0.976 bits per heavy atom. The molecule has 3 saturated heterocycles. The Labute approximate surface area is 254 Å². The highest BCUT2D eigenvalue weighted by Gasteiger charge is 2.48. The van der Waals surface area contributed by atoms with Gasteiger partial charge in [-0.05, 0) is 117 Å². The van der Waals surface area contributed by atoms with E-state index in [4.69, 9.17) is 0 Å². The third kappa shape index (κ3) is 8.87. The van der Waals surface area contributed by atoms with E-state index < -0.39 is 22.2 Å². The lowest BCUT2D eigenvalue weighted by atomic mass is 10.1. The summed E-state index contributed by atoms with van der Waals surface area (Å²) in [5.41, 5.74) is -2.73. The van der Waals surface area contributed by atoms with Gasteiger partial charge in [0, 0.05) is 19.6 Å². The van der Waals surface area contributed by atoms with E-state index in [0.29, 0.717) is 0 Å². The van der Waals surface area contributed by atoms with Crippen LogP contribution in [-0.4, -0.2) is 92.3 Å². The van der Waals surface area contributed by atoms with Crippen molar-refractivity contribution in [2.24, 2.45) is 4.99 Å². The van der Waals surface area contributed by atoms with E-state index in [2.05, 4.69) is 31.6 Å². The van der Waals surface area contributed by atoms with Crippen molar-refractivity contribution in [2.75, 3.05) is 14.1 Å². The molecule has 0 aromatic heterocycles. The zero-order valence-corrected chi connectivity index (χ0v) is 29.5. The molecule has 0 atom stereocenters. The SMILES string of the molecule is CC1(C)N=C([O-])C(C)(C)N1.CC1(C)NC(=O)C(C)(C)N1.CN1C(=O)C(C)(C)NC1(C)C.CN1C(=O)C(C)(C)NC1(C)C. The molecule has 4 aliphatic rings. The average molecular weight is 596 g/mol. The van der Waals surface area contributed by atoms with Crippen molar-refractivity contribution in [1.29, 1.82) is 0 Å². The second-order valence-electron chi connectivity index (χ2n) is 15.9. The Bertz CT molecular complexity index is 1040. The summed E-state index contributed by atoms with van der Waals surface area (Å²) in [6, 6.07) is 0. The second-order valence-corrected chi connectivity index (χ2v) is 15.9. The zero-order chi connectivity index (χ0) is 33.7. The quantitative estimate of drug-likeness (QED) is 0.280. The van der Waals surface area contributed by atoms with E-state index >= 15 is 0 Å². The first-order chi connectivity index (χ1) is 18.2. The van der Waals surface area contributed by atoms with Gasteiger partial charge in [-0.3, -0.25) is 40.6 Å². The van der Waals surface area contributed by atoms with Crippen LogP contribution in [0.1, 0.15) is 111 Å². The summed E-state index contributed by atoms with van der Waals surface area (Å²) < 4.78 is 0. The van der Waals surface area contributed by atoms with Crippen LogP contribution < -0.4 is 31.7 Å². The maximum atomic E-state index is 11.5. The summed E-state index contributed by atoms with van der Waals surface area (Å²) in [6.07, 6.45) is 0. The summed E-state index contributed by atoms with van der Waals surface area (Å²) in [7, 11) is 3.65. The van der Waals surface area contributed by atoms with Gasteiger partial charge < -0.3 is 20.2 Å². The van der Waals surface area contributed by atoms with Gasteiger partial charge in [0.25, 0.3) is 0 Å². The molecule has 0 aromatic rings. The molecule has 0 radical (unpaired) electrons. The van der Waals surface area contributed by atoms with Crippen molar-refractivity contribution in [3.05, 3.63) is 0 Å². The molecule has 3 fully saturated rings. The van der Waals surface area contributed by atoms with Gasteiger partial charge >= 0.3 is 0 Å². The molecule has 0 aromatic carbocycles. The highest BCUT2D eigenvalue weighted by molar-refractivity contribution is 5.89. The number of amides is 3. The van der Waals surface area contributed by atoms with Gasteiger partial charge in [-0.25, -0.2) is 0 Å². The Hall–Kier alpha value is -2.28. The summed E-state index contributed by atoms with van der Waals surface area (Å²) in [6.45, 7) is 30.7. The molecule has 0 aliphatic carbocycles. The molecular formula is C30H59N8O4-. The summed E-state index contributed by atoms with van der Waals surface area (Å²) >= 11 is 0. The number of rotatable bonds is 0. The largest absolute Gasteiger partial charge is 0.861 e. The van der Waals surface area contributed by atoms with Crippen LogP contribution in [0.2, 0.25) is 0 Å². The van der Waals surface area contributed by atoms with Crippen molar-refractivity contribution in [2.45, 2.75) is 156 Å². The lowest BCUT2D eigenvalue weighted by molar-refractivity contribution is -0.223. The number of hydrogen-bond acceptors (Lipinski definition) is 9. The standard InChI is InChI=1S/2C8H16N2O.2C7H14N2O/c2*1-7(2)6(11)10(5)8(3,4)9-7;2*1-6(2)5(10)8-7(3,4)9-6/h2*9H,1-5H3;2*9H,1-4H3,(H,8,10)/p-1. The fraction of sp³-hybridized carbons (Fsp3) is 0.867. The molecule has 12 nitrogen and oxygen atoms in total. The van der Waals surface area contributed by atoms with Gasteiger partial charge in [-0.2, -0.15) is 0 Å². The molecular weight excluding hydrogens is 536 g/mol. The Kier molecular flexibility index (Phi) is 10.2. The number of carbonyl (C=O) groups excluding carboxylic acids is 3. The van der Waals surface area contributed by atoms with E-state index in [1.54, 1.807) is 9.80 Å². The van der Waals surface area contributed by atoms with Crippen LogP contribution in [0.25, 0.3) is 0 Å². The minimum absolute atomic E-state index is 0.0579.